The molecule has 3 N–H and O–H groups in total. The minimum atomic E-state index is -4.34. The van der Waals surface area contributed by atoms with E-state index < -0.39 is 20.0 Å². The summed E-state index contributed by atoms with van der Waals surface area (Å²) < 4.78 is 23.7. The molecule has 0 aromatic rings. The zero-order valence-corrected chi connectivity index (χ0v) is 42.5. The number of quaternary nitrogens is 1. The van der Waals surface area contributed by atoms with Crippen LogP contribution < -0.4 is 5.32 Å². The number of rotatable bonds is 48. The van der Waals surface area contributed by atoms with Crippen molar-refractivity contribution in [1.82, 2.24) is 5.32 Å². The Kier molecular flexibility index (Phi) is 44.0. The minimum Gasteiger partial charge on any atom is -0.387 e. The number of aliphatic hydroxyl groups excluding tert-OH is 1. The van der Waals surface area contributed by atoms with Gasteiger partial charge < -0.3 is 19.8 Å². The van der Waals surface area contributed by atoms with Gasteiger partial charge >= 0.3 is 7.82 Å². The molecule has 0 saturated heterocycles. The molecule has 1 amide bonds. The fourth-order valence-corrected chi connectivity index (χ4v) is 8.46. The molecule has 9 heteroatoms. The lowest BCUT2D eigenvalue weighted by Gasteiger charge is -2.25. The summed E-state index contributed by atoms with van der Waals surface area (Å²) >= 11 is 0. The average Bonchev–Trinajstić information content (AvgIpc) is 3.23. The molecular weight excluding hydrogens is 792 g/mol. The lowest BCUT2D eigenvalue weighted by atomic mass is 10.0. The molecular formula is C53H104N2O6P+. The number of likely N-dealkylation sites (N-methyl/N-ethyl adjacent to an activating group) is 1. The number of amides is 1. The molecule has 0 heterocycles. The predicted molar refractivity (Wildman–Crippen MR) is 268 cm³/mol. The summed E-state index contributed by atoms with van der Waals surface area (Å²) in [7, 11) is 1.58. The number of nitrogens with zero attached hydrogens (tertiary/aromatic N) is 1. The number of carbonyl (C=O) groups excluding carboxylic acids is 1. The first-order chi connectivity index (χ1) is 30.0. The first-order valence-corrected chi connectivity index (χ1v) is 27.9. The highest BCUT2D eigenvalue weighted by atomic mass is 31.2. The van der Waals surface area contributed by atoms with Crippen molar-refractivity contribution in [2.45, 2.75) is 257 Å². The Morgan fingerprint density at radius 1 is 0.565 bits per heavy atom. The highest BCUT2D eigenvalue weighted by Gasteiger charge is 2.27. The second-order valence-electron chi connectivity index (χ2n) is 19.2. The van der Waals surface area contributed by atoms with Crippen LogP contribution in [0.15, 0.2) is 36.5 Å². The number of aliphatic hydroxyl groups is 1. The molecule has 0 aliphatic rings. The van der Waals surface area contributed by atoms with Crippen LogP contribution >= 0.6 is 7.82 Å². The van der Waals surface area contributed by atoms with Crippen LogP contribution in [0.3, 0.4) is 0 Å². The summed E-state index contributed by atoms with van der Waals surface area (Å²) in [4.78, 5) is 23.2. The van der Waals surface area contributed by atoms with E-state index in [1.807, 2.05) is 27.2 Å². The Hall–Kier alpha value is -1.28. The van der Waals surface area contributed by atoms with Gasteiger partial charge in [-0.1, -0.05) is 230 Å². The molecule has 0 aliphatic heterocycles. The lowest BCUT2D eigenvalue weighted by molar-refractivity contribution is -0.870. The molecule has 0 aromatic carbocycles. The fraction of sp³-hybridized carbons (Fsp3) is 0.868. The number of phosphoric ester groups is 1. The molecule has 0 rings (SSSR count). The van der Waals surface area contributed by atoms with Gasteiger partial charge in [-0.3, -0.25) is 13.8 Å². The molecule has 62 heavy (non-hydrogen) atoms. The van der Waals surface area contributed by atoms with E-state index in [0.29, 0.717) is 17.4 Å². The Morgan fingerprint density at radius 3 is 1.40 bits per heavy atom. The number of hydrogen-bond donors (Lipinski definition) is 3. The Labute approximate surface area is 385 Å². The van der Waals surface area contributed by atoms with Crippen LogP contribution in [0.1, 0.15) is 245 Å². The zero-order chi connectivity index (χ0) is 45.7. The monoisotopic (exact) mass is 896 g/mol. The van der Waals surface area contributed by atoms with Gasteiger partial charge in [-0.2, -0.15) is 0 Å². The first kappa shape index (κ1) is 60.7. The second-order valence-corrected chi connectivity index (χ2v) is 20.7. The number of carbonyl (C=O) groups is 1. The second kappa shape index (κ2) is 44.9. The van der Waals surface area contributed by atoms with Crippen LogP contribution in [-0.2, 0) is 18.4 Å². The lowest BCUT2D eigenvalue weighted by Crippen LogP contribution is -2.45. The molecule has 0 bridgehead atoms. The van der Waals surface area contributed by atoms with Gasteiger partial charge in [0.25, 0.3) is 0 Å². The van der Waals surface area contributed by atoms with E-state index in [4.69, 9.17) is 9.05 Å². The smallest absolute Gasteiger partial charge is 0.387 e. The number of unbranched alkanes of at least 4 members (excludes halogenated alkanes) is 31. The fourth-order valence-electron chi connectivity index (χ4n) is 7.73. The molecule has 366 valence electrons. The van der Waals surface area contributed by atoms with Gasteiger partial charge in [0, 0.05) is 6.42 Å². The van der Waals surface area contributed by atoms with Crippen LogP contribution in [0.4, 0.5) is 0 Å². The quantitative estimate of drug-likeness (QED) is 0.0243. The van der Waals surface area contributed by atoms with Gasteiger partial charge in [-0.25, -0.2) is 4.57 Å². The molecule has 0 aromatic heterocycles. The molecule has 0 fully saturated rings. The van der Waals surface area contributed by atoms with Crippen molar-refractivity contribution in [2.75, 3.05) is 40.9 Å². The summed E-state index contributed by atoms with van der Waals surface area (Å²) in [5, 5.41) is 13.9. The average molecular weight is 896 g/mol. The maximum absolute atomic E-state index is 12.9. The van der Waals surface area contributed by atoms with E-state index in [1.54, 1.807) is 6.08 Å². The summed E-state index contributed by atoms with van der Waals surface area (Å²) in [6.45, 7) is 4.74. The van der Waals surface area contributed by atoms with Crippen molar-refractivity contribution < 1.29 is 32.9 Å². The van der Waals surface area contributed by atoms with Crippen LogP contribution in [0.5, 0.6) is 0 Å². The van der Waals surface area contributed by atoms with Gasteiger partial charge in [0.2, 0.25) is 5.91 Å². The molecule has 0 spiro atoms. The van der Waals surface area contributed by atoms with Crippen LogP contribution in [0, 0.1) is 0 Å². The largest absolute Gasteiger partial charge is 0.472 e. The third-order valence-electron chi connectivity index (χ3n) is 11.9. The van der Waals surface area contributed by atoms with Crippen molar-refractivity contribution in [3.63, 3.8) is 0 Å². The van der Waals surface area contributed by atoms with Crippen molar-refractivity contribution >= 4 is 13.7 Å². The molecule has 0 radical (unpaired) electrons. The Balaban J connectivity index is 4.27. The van der Waals surface area contributed by atoms with E-state index in [1.165, 1.54) is 173 Å². The van der Waals surface area contributed by atoms with E-state index in [-0.39, 0.29) is 19.1 Å². The highest BCUT2D eigenvalue weighted by Crippen LogP contribution is 2.43. The number of phosphoric acid groups is 1. The standard InChI is InChI=1S/C53H103N2O6P/c1-6-8-10-12-14-16-18-20-22-24-26-27-29-31-33-35-37-39-41-43-45-47-53(57)54-51(50-61-62(58,59)60-49-48-55(3,4)5)52(56)46-44-42-40-38-36-34-32-30-28-25-23-21-19-17-15-13-11-9-7-2/h8,10,14,16,44,46,51-52,56H,6-7,9,11-13,15,17-43,45,47-50H2,1-5H3,(H-,54,57,58,59)/p+1/b10-8-,16-14-,46-44+. The summed E-state index contributed by atoms with van der Waals surface area (Å²) in [5.74, 6) is -0.176. The minimum absolute atomic E-state index is 0.0623. The molecule has 0 aliphatic carbocycles. The van der Waals surface area contributed by atoms with Crippen molar-refractivity contribution in [3.8, 4) is 0 Å². The normalized spacial score (nSPS) is 14.4. The molecule has 0 saturated carbocycles. The summed E-state index contributed by atoms with van der Waals surface area (Å²) in [5.41, 5.74) is 0. The van der Waals surface area contributed by atoms with Gasteiger partial charge in [0.1, 0.15) is 13.2 Å². The third-order valence-corrected chi connectivity index (χ3v) is 12.9. The van der Waals surface area contributed by atoms with Gasteiger partial charge in [-0.15, -0.1) is 0 Å². The van der Waals surface area contributed by atoms with E-state index in [0.717, 1.165) is 51.4 Å². The van der Waals surface area contributed by atoms with Gasteiger partial charge in [-0.05, 0) is 44.9 Å². The summed E-state index contributed by atoms with van der Waals surface area (Å²) in [6, 6.07) is -0.845. The first-order valence-electron chi connectivity index (χ1n) is 26.4. The van der Waals surface area contributed by atoms with Crippen LogP contribution in [0.2, 0.25) is 0 Å². The maximum Gasteiger partial charge on any atom is 0.472 e. The van der Waals surface area contributed by atoms with Crippen LogP contribution in [0.25, 0.3) is 0 Å². The third kappa shape index (κ3) is 46.7. The number of hydrogen-bond acceptors (Lipinski definition) is 5. The van der Waals surface area contributed by atoms with E-state index in [2.05, 4.69) is 43.5 Å². The van der Waals surface area contributed by atoms with E-state index in [9.17, 15) is 19.4 Å². The Morgan fingerprint density at radius 2 is 0.968 bits per heavy atom. The summed E-state index contributed by atoms with van der Waals surface area (Å²) in [6.07, 6.45) is 56.5. The zero-order valence-electron chi connectivity index (χ0n) is 41.6. The maximum atomic E-state index is 12.9. The number of nitrogens with one attached hydrogen (secondary N) is 1. The van der Waals surface area contributed by atoms with Gasteiger partial charge in [0.05, 0.1) is 39.9 Å². The number of allylic oxidation sites excluding steroid dienone is 5. The van der Waals surface area contributed by atoms with Crippen molar-refractivity contribution in [1.29, 1.82) is 0 Å². The van der Waals surface area contributed by atoms with Gasteiger partial charge in [0.15, 0.2) is 0 Å². The molecule has 8 nitrogen and oxygen atoms in total. The molecule has 3 atom stereocenters. The molecule has 3 unspecified atom stereocenters. The van der Waals surface area contributed by atoms with Crippen molar-refractivity contribution in [2.24, 2.45) is 0 Å². The van der Waals surface area contributed by atoms with Crippen LogP contribution in [-0.4, -0.2) is 73.4 Å². The SMILES string of the molecule is CC/C=C\C/C=C\CCCCCCCCCCCCCCCCC(=O)NC(COP(=O)(O)OCC[N+](C)(C)C)C(O)/C=C/CCCCCCCCCCCCCCCCCCC. The Bertz CT molecular complexity index is 1110. The highest BCUT2D eigenvalue weighted by molar-refractivity contribution is 7.47. The topological polar surface area (TPSA) is 105 Å². The van der Waals surface area contributed by atoms with E-state index >= 15 is 0 Å². The predicted octanol–water partition coefficient (Wildman–Crippen LogP) is 15.4. The van der Waals surface area contributed by atoms with Crippen molar-refractivity contribution in [3.05, 3.63) is 36.5 Å².